The number of hydrogen-bond acceptors (Lipinski definition) is 4. The van der Waals surface area contributed by atoms with Crippen LogP contribution in [0.25, 0.3) is 0 Å². The fraction of sp³-hybridized carbons (Fsp3) is 0.333. The molecular formula is C36H48N4Zr. The maximum Gasteiger partial charge on any atom is 4.00 e. The minimum absolute atomic E-state index is 0. The van der Waals surface area contributed by atoms with Gasteiger partial charge in [0.2, 0.25) is 0 Å². The number of hydrogen-bond donors (Lipinski definition) is 0. The first-order valence-corrected chi connectivity index (χ1v) is 13.6. The average Bonchev–Trinajstić information content (AvgIpc) is 2.91. The van der Waals surface area contributed by atoms with E-state index in [1.165, 1.54) is 22.3 Å². The second kappa shape index (κ2) is 24.2. The van der Waals surface area contributed by atoms with E-state index in [4.69, 9.17) is 0 Å². The van der Waals surface area contributed by atoms with Crippen LogP contribution >= 0.6 is 0 Å². The molecule has 0 unspecified atom stereocenters. The first-order valence-electron chi connectivity index (χ1n) is 13.6. The summed E-state index contributed by atoms with van der Waals surface area (Å²) in [5, 5.41) is 0. The van der Waals surface area contributed by atoms with Crippen molar-refractivity contribution in [1.82, 2.24) is 19.6 Å². The van der Waals surface area contributed by atoms with Crippen LogP contribution in [0.3, 0.4) is 0 Å². The van der Waals surface area contributed by atoms with Crippen molar-refractivity contribution in [3.8, 4) is 0 Å². The molecule has 4 rings (SSSR count). The summed E-state index contributed by atoms with van der Waals surface area (Å²) >= 11 is 0. The van der Waals surface area contributed by atoms with Gasteiger partial charge in [0.25, 0.3) is 0 Å². The van der Waals surface area contributed by atoms with Gasteiger partial charge in [0.15, 0.2) is 0 Å². The number of nitrogens with zero attached hydrogens (tertiary/aromatic N) is 4. The predicted octanol–water partition coefficient (Wildman–Crippen LogP) is 6.19. The van der Waals surface area contributed by atoms with Gasteiger partial charge in [-0.25, -0.2) is 0 Å². The van der Waals surface area contributed by atoms with E-state index in [1.807, 2.05) is 72.8 Å². The van der Waals surface area contributed by atoms with Gasteiger partial charge in [-0.1, -0.05) is 0 Å². The van der Waals surface area contributed by atoms with E-state index in [0.29, 0.717) is 0 Å². The van der Waals surface area contributed by atoms with Gasteiger partial charge in [-0.3, -0.25) is 0 Å². The van der Waals surface area contributed by atoms with Crippen molar-refractivity contribution in [1.29, 1.82) is 0 Å². The predicted molar refractivity (Wildman–Crippen MR) is 171 cm³/mol. The van der Waals surface area contributed by atoms with Gasteiger partial charge in [0.1, 0.15) is 0 Å². The third-order valence-electron chi connectivity index (χ3n) is 5.04. The van der Waals surface area contributed by atoms with Crippen LogP contribution in [0.1, 0.15) is 22.3 Å². The summed E-state index contributed by atoms with van der Waals surface area (Å²) in [6.45, 7) is 3.89. The van der Waals surface area contributed by atoms with Gasteiger partial charge in [-0.05, 0) is 56.4 Å². The Kier molecular flexibility index (Phi) is 22.8. The molecule has 4 aromatic carbocycles. The van der Waals surface area contributed by atoms with Crippen molar-refractivity contribution in [2.75, 3.05) is 56.4 Å². The molecule has 0 saturated carbocycles. The van der Waals surface area contributed by atoms with Crippen LogP contribution in [0.15, 0.2) is 97.1 Å². The molecule has 0 atom stereocenters. The Labute approximate surface area is 270 Å². The topological polar surface area (TPSA) is 13.0 Å². The zero-order valence-electron chi connectivity index (χ0n) is 26.4. The SMILES string of the molecule is CN(C)Cc1[c-]cccc1.CN(C)Cc1[c-]cccc1.CN(C)Cc1[c-]cccc1.CN(C)Cc1[c-]cccc1.[Zr+4]. The molecule has 4 aromatic rings. The van der Waals surface area contributed by atoms with Crippen LogP contribution in [0, 0.1) is 24.3 Å². The molecule has 216 valence electrons. The number of rotatable bonds is 8. The van der Waals surface area contributed by atoms with Crippen molar-refractivity contribution in [3.05, 3.63) is 144 Å². The smallest absolute Gasteiger partial charge is 0.307 e. The molecule has 0 spiro atoms. The molecule has 0 aliphatic rings. The minimum Gasteiger partial charge on any atom is -0.307 e. The van der Waals surface area contributed by atoms with E-state index < -0.39 is 0 Å². The molecule has 0 aromatic heterocycles. The Bertz CT molecular complexity index is 906. The van der Waals surface area contributed by atoms with Crippen molar-refractivity contribution in [2.45, 2.75) is 26.2 Å². The molecule has 0 fully saturated rings. The molecule has 0 aliphatic heterocycles. The second-order valence-corrected chi connectivity index (χ2v) is 10.5. The first-order chi connectivity index (χ1) is 19.2. The fourth-order valence-corrected chi connectivity index (χ4v) is 3.48. The van der Waals surface area contributed by atoms with Gasteiger partial charge in [-0.2, -0.15) is 121 Å². The van der Waals surface area contributed by atoms with Crippen molar-refractivity contribution < 1.29 is 26.2 Å². The molecule has 0 aliphatic carbocycles. The molecule has 5 heteroatoms. The molecule has 0 N–H and O–H groups in total. The van der Waals surface area contributed by atoms with E-state index in [9.17, 15) is 0 Å². The standard InChI is InChI=1S/4C9H12N.Zr/c4*1-10(2)8-9-6-4-3-5-7-9;/h4*3-6H,8H2,1-2H3;/q4*-1;+4. The van der Waals surface area contributed by atoms with Gasteiger partial charge in [0.05, 0.1) is 0 Å². The summed E-state index contributed by atoms with van der Waals surface area (Å²) in [5.41, 5.74) is 4.97. The normalized spacial score (nSPS) is 10.0. The van der Waals surface area contributed by atoms with Crippen LogP contribution in [-0.2, 0) is 52.4 Å². The summed E-state index contributed by atoms with van der Waals surface area (Å²) in [7, 11) is 16.5. The minimum atomic E-state index is 0. The Hall–Kier alpha value is -2.40. The third-order valence-corrected chi connectivity index (χ3v) is 5.04. The summed E-state index contributed by atoms with van der Waals surface area (Å²) in [6, 6.07) is 44.8. The Morgan fingerprint density at radius 1 is 0.366 bits per heavy atom. The van der Waals surface area contributed by atoms with Gasteiger partial charge >= 0.3 is 26.2 Å². The Morgan fingerprint density at radius 2 is 0.561 bits per heavy atom. The quantitative estimate of drug-likeness (QED) is 0.216. The average molecular weight is 628 g/mol. The molecule has 0 heterocycles. The van der Waals surface area contributed by atoms with E-state index in [0.717, 1.165) is 26.2 Å². The summed E-state index contributed by atoms with van der Waals surface area (Å²) in [5.74, 6) is 0. The van der Waals surface area contributed by atoms with Crippen LogP contribution in [0.5, 0.6) is 0 Å². The van der Waals surface area contributed by atoms with E-state index in [2.05, 4.69) is 125 Å². The van der Waals surface area contributed by atoms with Gasteiger partial charge in [0, 0.05) is 26.2 Å². The summed E-state index contributed by atoms with van der Waals surface area (Å²) in [4.78, 5) is 8.52. The van der Waals surface area contributed by atoms with E-state index in [1.54, 1.807) is 0 Å². The fourth-order valence-electron chi connectivity index (χ4n) is 3.48. The van der Waals surface area contributed by atoms with Crippen LogP contribution in [0.2, 0.25) is 0 Å². The van der Waals surface area contributed by atoms with Gasteiger partial charge in [-0.15, -0.1) is 22.3 Å². The van der Waals surface area contributed by atoms with Crippen LogP contribution in [0.4, 0.5) is 0 Å². The summed E-state index contributed by atoms with van der Waals surface area (Å²) in [6.07, 6.45) is 0. The van der Waals surface area contributed by atoms with E-state index in [-0.39, 0.29) is 26.2 Å². The maximum absolute atomic E-state index is 3.16. The summed E-state index contributed by atoms with van der Waals surface area (Å²) < 4.78 is 0. The van der Waals surface area contributed by atoms with Crippen molar-refractivity contribution in [2.24, 2.45) is 0 Å². The van der Waals surface area contributed by atoms with Crippen molar-refractivity contribution >= 4 is 0 Å². The molecule has 0 saturated heterocycles. The Morgan fingerprint density at radius 3 is 0.683 bits per heavy atom. The zero-order valence-corrected chi connectivity index (χ0v) is 28.8. The van der Waals surface area contributed by atoms with Crippen LogP contribution in [-0.4, -0.2) is 76.0 Å². The third kappa shape index (κ3) is 22.9. The molecular weight excluding hydrogens is 580 g/mol. The van der Waals surface area contributed by atoms with Crippen molar-refractivity contribution in [3.63, 3.8) is 0 Å². The second-order valence-electron chi connectivity index (χ2n) is 10.5. The number of benzene rings is 4. The monoisotopic (exact) mass is 626 g/mol. The van der Waals surface area contributed by atoms with Gasteiger partial charge < -0.3 is 19.6 Å². The molecule has 0 amide bonds. The largest absolute Gasteiger partial charge is 4.00 e. The van der Waals surface area contributed by atoms with E-state index >= 15 is 0 Å². The molecule has 0 bridgehead atoms. The van der Waals surface area contributed by atoms with Crippen LogP contribution < -0.4 is 0 Å². The molecule has 4 nitrogen and oxygen atoms in total. The Balaban J connectivity index is 0.000000516. The molecule has 0 radical (unpaired) electrons. The zero-order chi connectivity index (χ0) is 29.6. The first kappa shape index (κ1) is 38.6. The maximum atomic E-state index is 3.16. The molecule has 41 heavy (non-hydrogen) atoms.